The van der Waals surface area contributed by atoms with E-state index in [0.29, 0.717) is 12.1 Å². The van der Waals surface area contributed by atoms with Gasteiger partial charge >= 0.3 is 6.18 Å². The molecule has 0 saturated heterocycles. The molecule has 130 valence electrons. The van der Waals surface area contributed by atoms with Gasteiger partial charge in [-0.25, -0.2) is 18.2 Å². The summed E-state index contributed by atoms with van der Waals surface area (Å²) in [6.45, 7) is 3.32. The molecule has 0 amide bonds. The lowest BCUT2D eigenvalue weighted by atomic mass is 10.2. The molecule has 0 saturated carbocycles. The molecule has 2 rings (SSSR count). The monoisotopic (exact) mass is 350 g/mol. The maximum absolute atomic E-state index is 13.6. The molecule has 10 heteroatoms. The summed E-state index contributed by atoms with van der Waals surface area (Å²) in [5.74, 6) is -5.50. The predicted octanol–water partition coefficient (Wildman–Crippen LogP) is 4.48. The molecule has 0 aliphatic carbocycles. The van der Waals surface area contributed by atoms with E-state index in [0.717, 1.165) is 6.07 Å². The molecular weight excluding hydrogens is 338 g/mol. The number of nitrogens with zero attached hydrogens (tertiary/aromatic N) is 2. The Balaban J connectivity index is 2.44. The number of hydrogen-bond donors (Lipinski definition) is 2. The van der Waals surface area contributed by atoms with Crippen molar-refractivity contribution in [3.8, 4) is 0 Å². The van der Waals surface area contributed by atoms with Crippen LogP contribution in [-0.4, -0.2) is 16.0 Å². The van der Waals surface area contributed by atoms with Crippen LogP contribution in [0.2, 0.25) is 0 Å². The Morgan fingerprint density at radius 1 is 1.00 bits per heavy atom. The van der Waals surface area contributed by atoms with Gasteiger partial charge in [-0.05, 0) is 26.0 Å². The van der Waals surface area contributed by atoms with E-state index in [-0.39, 0.29) is 12.0 Å². The molecule has 2 N–H and O–H groups in total. The second kappa shape index (κ2) is 6.54. The van der Waals surface area contributed by atoms with E-state index in [1.54, 1.807) is 13.8 Å². The van der Waals surface area contributed by atoms with Crippen LogP contribution in [-0.2, 0) is 6.18 Å². The lowest BCUT2D eigenvalue weighted by Crippen LogP contribution is -2.17. The average Bonchev–Trinajstić information content (AvgIpc) is 2.46. The molecule has 0 aliphatic heterocycles. The fourth-order valence-corrected chi connectivity index (χ4v) is 1.74. The fourth-order valence-electron chi connectivity index (χ4n) is 1.74. The molecule has 4 nitrogen and oxygen atoms in total. The Labute approximate surface area is 132 Å². The van der Waals surface area contributed by atoms with Gasteiger partial charge in [0.25, 0.3) is 0 Å². The van der Waals surface area contributed by atoms with Crippen molar-refractivity contribution in [3.05, 3.63) is 41.3 Å². The van der Waals surface area contributed by atoms with Gasteiger partial charge in [0.15, 0.2) is 23.1 Å². The van der Waals surface area contributed by atoms with Crippen LogP contribution in [0.15, 0.2) is 18.2 Å². The topological polar surface area (TPSA) is 49.8 Å². The molecule has 0 aliphatic rings. The van der Waals surface area contributed by atoms with E-state index in [9.17, 15) is 26.3 Å². The number of alkyl halides is 3. The van der Waals surface area contributed by atoms with E-state index < -0.39 is 40.8 Å². The first-order chi connectivity index (χ1) is 11.1. The number of hydrogen-bond acceptors (Lipinski definition) is 4. The summed E-state index contributed by atoms with van der Waals surface area (Å²) in [6.07, 6.45) is -4.76. The highest BCUT2D eigenvalue weighted by Gasteiger charge is 2.34. The van der Waals surface area contributed by atoms with Gasteiger partial charge in [0, 0.05) is 12.1 Å². The number of anilines is 3. The van der Waals surface area contributed by atoms with E-state index >= 15 is 0 Å². The zero-order chi connectivity index (χ0) is 18.1. The van der Waals surface area contributed by atoms with Crippen LogP contribution < -0.4 is 10.6 Å². The minimum absolute atomic E-state index is 0.263. The highest BCUT2D eigenvalue weighted by molar-refractivity contribution is 5.58. The van der Waals surface area contributed by atoms with Crippen molar-refractivity contribution in [1.29, 1.82) is 0 Å². The zero-order valence-corrected chi connectivity index (χ0v) is 12.5. The molecule has 1 heterocycles. The summed E-state index contributed by atoms with van der Waals surface area (Å²) < 4.78 is 78.4. The summed E-state index contributed by atoms with van der Waals surface area (Å²) in [6, 6.07) is 1.76. The number of halogens is 6. The second-order valence-electron chi connectivity index (χ2n) is 5.11. The Bertz CT molecular complexity index is 745. The van der Waals surface area contributed by atoms with Crippen LogP contribution in [0, 0.1) is 17.5 Å². The number of nitrogens with one attached hydrogen (secondary N) is 2. The normalized spacial score (nSPS) is 11.7. The third-order valence-corrected chi connectivity index (χ3v) is 2.73. The Kier molecular flexibility index (Phi) is 4.86. The van der Waals surface area contributed by atoms with Crippen molar-refractivity contribution < 1.29 is 26.3 Å². The molecule has 0 atom stereocenters. The van der Waals surface area contributed by atoms with Crippen molar-refractivity contribution in [3.63, 3.8) is 0 Å². The fraction of sp³-hybridized carbons (Fsp3) is 0.286. The zero-order valence-electron chi connectivity index (χ0n) is 12.5. The Hall–Kier alpha value is -2.52. The quantitative estimate of drug-likeness (QED) is 0.631. The lowest BCUT2D eigenvalue weighted by molar-refractivity contribution is -0.141. The maximum atomic E-state index is 13.6. The van der Waals surface area contributed by atoms with Crippen LogP contribution in [0.5, 0.6) is 0 Å². The highest BCUT2D eigenvalue weighted by Crippen LogP contribution is 2.31. The molecule has 0 bridgehead atoms. The summed E-state index contributed by atoms with van der Waals surface area (Å²) in [5, 5.41) is 4.78. The minimum atomic E-state index is -4.76. The average molecular weight is 350 g/mol. The van der Waals surface area contributed by atoms with Gasteiger partial charge in [-0.2, -0.15) is 18.2 Å². The maximum Gasteiger partial charge on any atom is 0.433 e. The third kappa shape index (κ3) is 4.06. The Morgan fingerprint density at radius 2 is 1.67 bits per heavy atom. The molecule has 0 spiro atoms. The first-order valence-corrected chi connectivity index (χ1v) is 6.71. The Morgan fingerprint density at radius 3 is 2.25 bits per heavy atom. The van der Waals surface area contributed by atoms with Crippen LogP contribution >= 0.6 is 0 Å². The summed E-state index contributed by atoms with van der Waals surface area (Å²) >= 11 is 0. The van der Waals surface area contributed by atoms with E-state index in [1.165, 1.54) is 0 Å². The van der Waals surface area contributed by atoms with Crippen LogP contribution in [0.4, 0.5) is 43.8 Å². The second-order valence-corrected chi connectivity index (χ2v) is 5.11. The van der Waals surface area contributed by atoms with Crippen LogP contribution in [0.25, 0.3) is 0 Å². The van der Waals surface area contributed by atoms with Crippen molar-refractivity contribution in [1.82, 2.24) is 9.97 Å². The van der Waals surface area contributed by atoms with Gasteiger partial charge < -0.3 is 10.6 Å². The number of benzene rings is 1. The molecule has 1 aromatic carbocycles. The summed E-state index contributed by atoms with van der Waals surface area (Å²) in [5.41, 5.74) is -1.83. The van der Waals surface area contributed by atoms with E-state index in [1.807, 2.05) is 0 Å². The van der Waals surface area contributed by atoms with Crippen LogP contribution in [0.1, 0.15) is 19.5 Å². The molecule has 0 unspecified atom stereocenters. The summed E-state index contributed by atoms with van der Waals surface area (Å²) in [4.78, 5) is 7.08. The van der Waals surface area contributed by atoms with Crippen molar-refractivity contribution >= 4 is 17.5 Å². The van der Waals surface area contributed by atoms with Gasteiger partial charge in [-0.3, -0.25) is 0 Å². The first-order valence-electron chi connectivity index (χ1n) is 6.71. The van der Waals surface area contributed by atoms with E-state index in [2.05, 4.69) is 20.6 Å². The molecular formula is C14H12F6N4. The molecule has 0 fully saturated rings. The highest BCUT2D eigenvalue weighted by atomic mass is 19.4. The first kappa shape index (κ1) is 17.8. The smallest absolute Gasteiger partial charge is 0.352 e. The van der Waals surface area contributed by atoms with Gasteiger partial charge in [-0.1, -0.05) is 0 Å². The third-order valence-electron chi connectivity index (χ3n) is 2.73. The largest absolute Gasteiger partial charge is 0.433 e. The molecule has 1 aromatic heterocycles. The molecule has 2 aromatic rings. The van der Waals surface area contributed by atoms with Crippen molar-refractivity contribution in [2.75, 3.05) is 10.6 Å². The molecule has 0 radical (unpaired) electrons. The lowest BCUT2D eigenvalue weighted by Gasteiger charge is -2.14. The van der Waals surface area contributed by atoms with E-state index in [4.69, 9.17) is 0 Å². The minimum Gasteiger partial charge on any atom is -0.352 e. The predicted molar refractivity (Wildman–Crippen MR) is 75.4 cm³/mol. The van der Waals surface area contributed by atoms with Gasteiger partial charge in [0.05, 0.1) is 5.69 Å². The van der Waals surface area contributed by atoms with Crippen molar-refractivity contribution in [2.45, 2.75) is 26.1 Å². The summed E-state index contributed by atoms with van der Waals surface area (Å²) in [7, 11) is 0. The van der Waals surface area contributed by atoms with Crippen molar-refractivity contribution in [2.24, 2.45) is 0 Å². The molecule has 24 heavy (non-hydrogen) atoms. The standard InChI is InChI=1S/C14H12F6N4/c1-6(2)21-13-23-9(14(18,19)20)5-10(24-13)22-8-4-3-7(15)11(16)12(8)17/h3-6H,1-2H3,(H2,21,22,23,24). The van der Waals surface area contributed by atoms with Gasteiger partial charge in [0.1, 0.15) is 5.82 Å². The number of rotatable bonds is 4. The van der Waals surface area contributed by atoms with Gasteiger partial charge in [-0.15, -0.1) is 0 Å². The van der Waals surface area contributed by atoms with Gasteiger partial charge in [0.2, 0.25) is 5.95 Å². The SMILES string of the molecule is CC(C)Nc1nc(Nc2ccc(F)c(F)c2F)cc(C(F)(F)F)n1. The number of aromatic nitrogens is 2. The van der Waals surface area contributed by atoms with Crippen LogP contribution in [0.3, 0.4) is 0 Å².